The van der Waals surface area contributed by atoms with Crippen molar-refractivity contribution in [2.45, 2.75) is 45.3 Å². The van der Waals surface area contributed by atoms with Gasteiger partial charge in [-0.15, -0.1) is 0 Å². The summed E-state index contributed by atoms with van der Waals surface area (Å²) in [7, 11) is 0. The molecule has 0 aromatic heterocycles. The summed E-state index contributed by atoms with van der Waals surface area (Å²) < 4.78 is 1.50. The fraction of sp³-hybridized carbons (Fsp3) is 0.611. The Kier molecular flexibility index (Phi) is 4.54. The summed E-state index contributed by atoms with van der Waals surface area (Å²) in [6.07, 6.45) is 2.15. The molecule has 0 fully saturated rings. The minimum atomic E-state index is -3.98. The SMILES string of the molecule is CC1=CC2=C(C(C)C(C)C(C)C2C)[C]1(C)[Ti]([CH]=O)([CH]=O)[CH]=O. The van der Waals surface area contributed by atoms with Crippen molar-refractivity contribution in [3.63, 3.8) is 0 Å². The van der Waals surface area contributed by atoms with Crippen LogP contribution in [0.5, 0.6) is 0 Å². The van der Waals surface area contributed by atoms with E-state index in [4.69, 9.17) is 0 Å². The van der Waals surface area contributed by atoms with E-state index in [2.05, 4.69) is 33.8 Å². The molecule has 2 aliphatic rings. The number of hydrogen-bond acceptors (Lipinski definition) is 3. The van der Waals surface area contributed by atoms with Gasteiger partial charge in [-0.3, -0.25) is 0 Å². The molecular formula is C18H26O3Ti. The molecule has 0 aromatic carbocycles. The first-order chi connectivity index (χ1) is 10.2. The average Bonchev–Trinajstić information content (AvgIpc) is 2.79. The Bertz CT molecular complexity index is 567. The molecule has 120 valence electrons. The van der Waals surface area contributed by atoms with Crippen molar-refractivity contribution >= 4 is 13.8 Å². The van der Waals surface area contributed by atoms with Gasteiger partial charge >= 0.3 is 136 Å². The van der Waals surface area contributed by atoms with Crippen LogP contribution >= 0.6 is 0 Å². The molecule has 0 bridgehead atoms. The van der Waals surface area contributed by atoms with E-state index in [0.717, 1.165) is 5.57 Å². The Labute approximate surface area is 136 Å². The van der Waals surface area contributed by atoms with Crippen molar-refractivity contribution in [3.05, 3.63) is 22.8 Å². The monoisotopic (exact) mass is 338 g/mol. The summed E-state index contributed by atoms with van der Waals surface area (Å²) in [5.41, 5.74) is 3.47. The molecule has 2 rings (SSSR count). The quantitative estimate of drug-likeness (QED) is 0.580. The van der Waals surface area contributed by atoms with Crippen LogP contribution in [0.25, 0.3) is 0 Å². The molecule has 0 spiro atoms. The standard InChI is InChI=1S/C15H23.3CHO.Ti/c1-8-7-14-12(5)10(3)11(4)13(6)15(14)9(8)2;3*1-2;/h7,10-13H,1-6H3;3*1H;. The minimum absolute atomic E-state index is 0.282. The number of carbonyl (C=O) groups is 3. The van der Waals surface area contributed by atoms with Gasteiger partial charge in [-0.1, -0.05) is 0 Å². The van der Waals surface area contributed by atoms with Gasteiger partial charge in [-0.2, -0.15) is 0 Å². The Morgan fingerprint density at radius 2 is 1.41 bits per heavy atom. The maximum atomic E-state index is 11.8. The second kappa shape index (κ2) is 5.68. The van der Waals surface area contributed by atoms with E-state index in [0.29, 0.717) is 31.5 Å². The van der Waals surface area contributed by atoms with Crippen LogP contribution in [0.3, 0.4) is 0 Å². The molecule has 0 aliphatic heterocycles. The number of rotatable bonds is 4. The zero-order valence-corrected chi connectivity index (χ0v) is 15.9. The van der Waals surface area contributed by atoms with Gasteiger partial charge in [0.25, 0.3) is 0 Å². The van der Waals surface area contributed by atoms with Crippen molar-refractivity contribution in [3.8, 4) is 0 Å². The normalized spacial score (nSPS) is 38.4. The number of hydrogen-bond donors (Lipinski definition) is 0. The van der Waals surface area contributed by atoms with Gasteiger partial charge in [-0.05, 0) is 0 Å². The third kappa shape index (κ3) is 1.94. The van der Waals surface area contributed by atoms with Gasteiger partial charge in [0.05, 0.1) is 0 Å². The molecule has 0 saturated carbocycles. The van der Waals surface area contributed by atoms with E-state index in [1.807, 2.05) is 13.8 Å². The van der Waals surface area contributed by atoms with Gasteiger partial charge in [0.1, 0.15) is 0 Å². The molecule has 0 heterocycles. The van der Waals surface area contributed by atoms with Crippen molar-refractivity contribution < 1.29 is 31.0 Å². The summed E-state index contributed by atoms with van der Waals surface area (Å²) in [6, 6.07) is 0. The Morgan fingerprint density at radius 3 is 1.86 bits per heavy atom. The van der Waals surface area contributed by atoms with Gasteiger partial charge in [0.2, 0.25) is 0 Å². The first-order valence-corrected chi connectivity index (χ1v) is 11.5. The number of carbonyl (C=O) groups excluding carboxylic acids is 3. The van der Waals surface area contributed by atoms with Gasteiger partial charge in [0.15, 0.2) is 0 Å². The molecule has 0 amide bonds. The predicted octanol–water partition coefficient (Wildman–Crippen LogP) is 3.70. The first-order valence-electron chi connectivity index (χ1n) is 8.04. The summed E-state index contributed by atoms with van der Waals surface area (Å²) in [4.78, 5) is 35.4. The molecule has 3 nitrogen and oxygen atoms in total. The molecule has 5 atom stereocenters. The van der Waals surface area contributed by atoms with Crippen LogP contribution in [0.4, 0.5) is 0 Å². The van der Waals surface area contributed by atoms with Crippen molar-refractivity contribution in [1.82, 2.24) is 0 Å². The molecule has 4 heteroatoms. The third-order valence-corrected chi connectivity index (χ3v) is 12.4. The molecule has 22 heavy (non-hydrogen) atoms. The molecule has 0 N–H and O–H groups in total. The van der Waals surface area contributed by atoms with Gasteiger partial charge in [0, 0.05) is 0 Å². The van der Waals surface area contributed by atoms with Crippen LogP contribution in [0.15, 0.2) is 22.8 Å². The predicted molar refractivity (Wildman–Crippen MR) is 86.1 cm³/mol. The number of allylic oxidation sites excluding steroid dienone is 4. The maximum absolute atomic E-state index is 11.8. The molecular weight excluding hydrogens is 312 g/mol. The summed E-state index contributed by atoms with van der Waals surface area (Å²) in [5.74, 6) is 1.69. The fourth-order valence-corrected chi connectivity index (χ4v) is 8.37. The molecule has 5 unspecified atom stereocenters. The first kappa shape index (κ1) is 17.6. The summed E-state index contributed by atoms with van der Waals surface area (Å²) in [6.45, 7) is 12.8. The van der Waals surface area contributed by atoms with Crippen molar-refractivity contribution in [2.75, 3.05) is 0 Å². The van der Waals surface area contributed by atoms with Crippen molar-refractivity contribution in [1.29, 1.82) is 0 Å². The zero-order valence-electron chi connectivity index (χ0n) is 14.3. The van der Waals surface area contributed by atoms with Crippen LogP contribution in [0.1, 0.15) is 41.5 Å². The Morgan fingerprint density at radius 1 is 0.955 bits per heavy atom. The second-order valence-corrected chi connectivity index (χ2v) is 13.0. The van der Waals surface area contributed by atoms with E-state index in [1.165, 1.54) is 11.1 Å². The van der Waals surface area contributed by atoms with E-state index < -0.39 is 20.3 Å². The third-order valence-electron chi connectivity index (χ3n) is 6.81. The van der Waals surface area contributed by atoms with Crippen molar-refractivity contribution in [2.24, 2.45) is 23.7 Å². The van der Waals surface area contributed by atoms with Crippen LogP contribution < -0.4 is 0 Å². The van der Waals surface area contributed by atoms with Gasteiger partial charge in [-0.25, -0.2) is 0 Å². The molecule has 0 saturated heterocycles. The summed E-state index contributed by atoms with van der Waals surface area (Å²) in [5, 5.41) is 0. The Hall–Kier alpha value is -0.796. The van der Waals surface area contributed by atoms with Crippen LogP contribution in [0.2, 0.25) is 3.72 Å². The molecule has 0 radical (unpaired) electrons. The molecule has 0 aromatic rings. The zero-order chi connectivity index (χ0) is 16.9. The molecule has 2 aliphatic carbocycles. The topological polar surface area (TPSA) is 51.2 Å². The van der Waals surface area contributed by atoms with Crippen LogP contribution in [0, 0.1) is 23.7 Å². The summed E-state index contributed by atoms with van der Waals surface area (Å²) >= 11 is -3.98. The van der Waals surface area contributed by atoms with Gasteiger partial charge < -0.3 is 0 Å². The van der Waals surface area contributed by atoms with Crippen LogP contribution in [-0.2, 0) is 31.0 Å². The Balaban J connectivity index is 2.76. The van der Waals surface area contributed by atoms with Crippen LogP contribution in [-0.4, -0.2) is 13.8 Å². The second-order valence-electron chi connectivity index (χ2n) is 7.40. The fourth-order valence-electron chi connectivity index (χ4n) is 4.52. The van der Waals surface area contributed by atoms with E-state index in [-0.39, 0.29) is 5.92 Å². The van der Waals surface area contributed by atoms with E-state index in [1.54, 1.807) is 0 Å². The van der Waals surface area contributed by atoms with E-state index in [9.17, 15) is 14.4 Å². The van der Waals surface area contributed by atoms with E-state index >= 15 is 0 Å². The average molecular weight is 338 g/mol.